The summed E-state index contributed by atoms with van der Waals surface area (Å²) in [6, 6.07) is 7.60. The molecule has 1 aliphatic rings. The van der Waals surface area contributed by atoms with Gasteiger partial charge < -0.3 is 5.73 Å². The first-order valence-corrected chi connectivity index (χ1v) is 6.48. The summed E-state index contributed by atoms with van der Waals surface area (Å²) in [5, 5.41) is 0. The molecule has 3 heteroatoms. The van der Waals surface area contributed by atoms with Crippen molar-refractivity contribution in [3.05, 3.63) is 35.4 Å². The lowest BCUT2D eigenvalue weighted by molar-refractivity contribution is 0.250. The number of benzene rings is 1. The molecule has 0 saturated carbocycles. The first-order valence-electron chi connectivity index (χ1n) is 5.32. The third-order valence-corrected chi connectivity index (χ3v) is 4.14. The minimum absolute atomic E-state index is 0.183. The predicted octanol–water partition coefficient (Wildman–Crippen LogP) is 2.91. The quantitative estimate of drug-likeness (QED) is 0.856. The molecular weight excluding hydrogens is 209 g/mol. The molecule has 15 heavy (non-hydrogen) atoms. The predicted molar refractivity (Wildman–Crippen MR) is 63.6 cm³/mol. The summed E-state index contributed by atoms with van der Waals surface area (Å²) in [6.07, 6.45) is 0.157. The van der Waals surface area contributed by atoms with Crippen LogP contribution in [0.25, 0.3) is 0 Å². The van der Waals surface area contributed by atoms with Crippen LogP contribution in [0.1, 0.15) is 23.7 Å². The van der Waals surface area contributed by atoms with Crippen molar-refractivity contribution in [1.29, 1.82) is 0 Å². The molecule has 0 aliphatic carbocycles. The van der Waals surface area contributed by atoms with Gasteiger partial charge in [-0.05, 0) is 29.1 Å². The molecule has 1 fully saturated rings. The van der Waals surface area contributed by atoms with E-state index in [0.29, 0.717) is 6.54 Å². The molecule has 2 atom stereocenters. The molecule has 82 valence electrons. The molecular formula is C12H16FNS. The zero-order valence-electron chi connectivity index (χ0n) is 8.66. The number of rotatable bonds is 3. The van der Waals surface area contributed by atoms with Crippen molar-refractivity contribution in [3.63, 3.8) is 0 Å². The molecule has 1 saturated heterocycles. The second kappa shape index (κ2) is 4.99. The van der Waals surface area contributed by atoms with Crippen molar-refractivity contribution in [3.8, 4) is 0 Å². The van der Waals surface area contributed by atoms with Crippen LogP contribution in [0, 0.1) is 5.92 Å². The van der Waals surface area contributed by atoms with E-state index in [0.717, 1.165) is 29.1 Å². The highest BCUT2D eigenvalue weighted by Crippen LogP contribution is 2.37. The third kappa shape index (κ3) is 2.34. The monoisotopic (exact) mass is 225 g/mol. The Morgan fingerprint density at radius 3 is 2.93 bits per heavy atom. The number of halogens is 1. The van der Waals surface area contributed by atoms with E-state index in [1.54, 1.807) is 0 Å². The summed E-state index contributed by atoms with van der Waals surface area (Å²) in [5.74, 6) is 2.22. The van der Waals surface area contributed by atoms with Gasteiger partial charge in [0.2, 0.25) is 0 Å². The number of hydrogen-bond donors (Lipinski definition) is 1. The molecule has 1 aromatic carbocycles. The van der Waals surface area contributed by atoms with E-state index in [2.05, 4.69) is 0 Å². The summed E-state index contributed by atoms with van der Waals surface area (Å²) in [7, 11) is 0. The number of hydrogen-bond acceptors (Lipinski definition) is 2. The Morgan fingerprint density at radius 2 is 2.27 bits per heavy atom. The smallest absolute Gasteiger partial charge is 0.129 e. The van der Waals surface area contributed by atoms with Gasteiger partial charge in [0.1, 0.15) is 6.17 Å². The molecule has 1 aliphatic heterocycles. The van der Waals surface area contributed by atoms with Crippen molar-refractivity contribution in [2.75, 3.05) is 11.5 Å². The lowest BCUT2D eigenvalue weighted by Gasteiger charge is -2.17. The molecule has 1 heterocycles. The number of alkyl halides is 1. The topological polar surface area (TPSA) is 26.0 Å². The van der Waals surface area contributed by atoms with Crippen molar-refractivity contribution >= 4 is 11.8 Å². The summed E-state index contributed by atoms with van der Waals surface area (Å²) in [5.41, 5.74) is 7.36. The van der Waals surface area contributed by atoms with Crippen LogP contribution >= 0.6 is 11.8 Å². The van der Waals surface area contributed by atoms with Crippen LogP contribution < -0.4 is 5.73 Å². The van der Waals surface area contributed by atoms with Gasteiger partial charge in [0.05, 0.1) is 0 Å². The minimum atomic E-state index is -0.834. The number of nitrogens with two attached hydrogens (primary N) is 1. The van der Waals surface area contributed by atoms with Crippen molar-refractivity contribution in [1.82, 2.24) is 0 Å². The van der Waals surface area contributed by atoms with Crippen LogP contribution in [0.5, 0.6) is 0 Å². The van der Waals surface area contributed by atoms with Gasteiger partial charge in [-0.25, -0.2) is 4.39 Å². The van der Waals surface area contributed by atoms with E-state index in [-0.39, 0.29) is 5.92 Å². The molecule has 0 amide bonds. The second-order valence-electron chi connectivity index (χ2n) is 3.93. The zero-order chi connectivity index (χ0) is 10.7. The normalized spacial score (nSPS) is 22.9. The minimum Gasteiger partial charge on any atom is -0.326 e. The van der Waals surface area contributed by atoms with Gasteiger partial charge in [-0.15, -0.1) is 0 Å². The highest BCUT2D eigenvalue weighted by atomic mass is 32.2. The van der Waals surface area contributed by atoms with E-state index in [1.807, 2.05) is 36.0 Å². The van der Waals surface area contributed by atoms with E-state index >= 15 is 0 Å². The Labute approximate surface area is 94.2 Å². The van der Waals surface area contributed by atoms with Crippen molar-refractivity contribution in [2.45, 2.75) is 19.1 Å². The zero-order valence-corrected chi connectivity index (χ0v) is 9.47. The highest BCUT2D eigenvalue weighted by Gasteiger charge is 2.27. The summed E-state index contributed by atoms with van der Waals surface area (Å²) in [4.78, 5) is 0. The van der Waals surface area contributed by atoms with Crippen LogP contribution in [0.15, 0.2) is 24.3 Å². The number of thioether (sulfide) groups is 1. The van der Waals surface area contributed by atoms with Crippen LogP contribution in [-0.4, -0.2) is 11.5 Å². The Hall–Kier alpha value is -0.540. The summed E-state index contributed by atoms with van der Waals surface area (Å²) in [6.45, 7) is 0.427. The molecule has 0 aromatic heterocycles. The van der Waals surface area contributed by atoms with E-state index in [9.17, 15) is 4.39 Å². The van der Waals surface area contributed by atoms with Crippen molar-refractivity contribution in [2.24, 2.45) is 11.7 Å². The molecule has 1 nitrogen and oxygen atoms in total. The fourth-order valence-electron chi connectivity index (χ4n) is 2.03. The standard InChI is InChI=1S/C12H16FNS/c13-12(10-5-6-15-8-10)11-4-2-1-3-9(11)7-14/h1-4,10,12H,5-8,14H2. The van der Waals surface area contributed by atoms with Gasteiger partial charge in [-0.2, -0.15) is 11.8 Å². The fraction of sp³-hybridized carbons (Fsp3) is 0.500. The molecule has 2 rings (SSSR count). The first kappa shape index (κ1) is 11.0. The van der Waals surface area contributed by atoms with Crippen LogP contribution in [0.4, 0.5) is 4.39 Å². The largest absolute Gasteiger partial charge is 0.326 e. The fourth-order valence-corrected chi connectivity index (χ4v) is 3.30. The van der Waals surface area contributed by atoms with Gasteiger partial charge >= 0.3 is 0 Å². The molecule has 2 unspecified atom stereocenters. The summed E-state index contributed by atoms with van der Waals surface area (Å²) < 4.78 is 14.2. The van der Waals surface area contributed by atoms with Gasteiger partial charge in [0.15, 0.2) is 0 Å². The van der Waals surface area contributed by atoms with Gasteiger partial charge in [0, 0.05) is 12.5 Å². The Balaban J connectivity index is 2.19. The average molecular weight is 225 g/mol. The van der Waals surface area contributed by atoms with E-state index in [4.69, 9.17) is 5.73 Å². The highest BCUT2D eigenvalue weighted by molar-refractivity contribution is 7.99. The molecule has 0 spiro atoms. The van der Waals surface area contributed by atoms with Gasteiger partial charge in [0.25, 0.3) is 0 Å². The first-order chi connectivity index (χ1) is 7.33. The third-order valence-electron chi connectivity index (χ3n) is 2.95. The lowest BCUT2D eigenvalue weighted by atomic mass is 9.93. The van der Waals surface area contributed by atoms with Crippen LogP contribution in [0.2, 0.25) is 0 Å². The Bertz CT molecular complexity index is 323. The van der Waals surface area contributed by atoms with Crippen molar-refractivity contribution < 1.29 is 4.39 Å². The van der Waals surface area contributed by atoms with Crippen LogP contribution in [-0.2, 0) is 6.54 Å². The summed E-state index contributed by atoms with van der Waals surface area (Å²) >= 11 is 1.85. The Morgan fingerprint density at radius 1 is 1.47 bits per heavy atom. The molecule has 2 N–H and O–H groups in total. The maximum Gasteiger partial charge on any atom is 0.129 e. The SMILES string of the molecule is NCc1ccccc1C(F)C1CCSC1. The molecule has 0 radical (unpaired) electrons. The lowest BCUT2D eigenvalue weighted by Crippen LogP contribution is -2.11. The maximum atomic E-state index is 14.2. The van der Waals surface area contributed by atoms with Gasteiger partial charge in [-0.3, -0.25) is 0 Å². The maximum absolute atomic E-state index is 14.2. The van der Waals surface area contributed by atoms with Crippen LogP contribution in [0.3, 0.4) is 0 Å². The molecule has 1 aromatic rings. The molecule has 0 bridgehead atoms. The second-order valence-corrected chi connectivity index (χ2v) is 5.08. The van der Waals surface area contributed by atoms with Gasteiger partial charge in [-0.1, -0.05) is 24.3 Å². The van der Waals surface area contributed by atoms with E-state index in [1.165, 1.54) is 0 Å². The van der Waals surface area contributed by atoms with E-state index < -0.39 is 6.17 Å². The average Bonchev–Trinajstić information content (AvgIpc) is 2.81. The Kier molecular flexibility index (Phi) is 3.65.